The van der Waals surface area contributed by atoms with E-state index in [1.807, 2.05) is 0 Å². The molecule has 1 aromatic carbocycles. The number of hydrogen-bond donors (Lipinski definition) is 2. The Bertz CT molecular complexity index is 369. The molecule has 100 valence electrons. The number of quaternary nitrogens is 1. The van der Waals surface area contributed by atoms with E-state index in [9.17, 15) is 9.50 Å². The summed E-state index contributed by atoms with van der Waals surface area (Å²) in [6, 6.07) is 6.22. The first-order valence-corrected chi connectivity index (χ1v) is 6.22. The first-order chi connectivity index (χ1) is 8.75. The molecule has 0 amide bonds. The van der Waals surface area contributed by atoms with E-state index in [0.29, 0.717) is 6.54 Å². The maximum Gasteiger partial charge on any atom is 0.165 e. The number of para-hydroxylation sites is 1. The zero-order valence-corrected chi connectivity index (χ0v) is 10.3. The summed E-state index contributed by atoms with van der Waals surface area (Å²) in [5.41, 5.74) is 0. The molecular weight excluding hydrogens is 237 g/mol. The zero-order chi connectivity index (χ0) is 12.8. The number of nitrogens with one attached hydrogen (secondary N) is 1. The SMILES string of the molecule is O[C@@H](COc1ccccc1F)C[NH+]1CCOCC1. The minimum atomic E-state index is -0.585. The number of aliphatic hydroxyl groups is 1. The third-order valence-corrected chi connectivity index (χ3v) is 2.99. The first-order valence-electron chi connectivity index (χ1n) is 6.22. The fourth-order valence-corrected chi connectivity index (χ4v) is 2.00. The average Bonchev–Trinajstić information content (AvgIpc) is 2.39. The molecular formula is C13H19FNO3+. The number of morpholine rings is 1. The van der Waals surface area contributed by atoms with Crippen LogP contribution < -0.4 is 9.64 Å². The molecule has 4 nitrogen and oxygen atoms in total. The lowest BCUT2D eigenvalue weighted by Gasteiger charge is -2.25. The standard InChI is InChI=1S/C13H18FNO3/c14-12-3-1-2-4-13(12)18-10-11(16)9-15-5-7-17-8-6-15/h1-4,11,16H,5-10H2/p+1/t11-/m1/s1. The summed E-state index contributed by atoms with van der Waals surface area (Å²) < 4.78 is 23.8. The fourth-order valence-electron chi connectivity index (χ4n) is 2.00. The highest BCUT2D eigenvalue weighted by Gasteiger charge is 2.18. The van der Waals surface area contributed by atoms with Crippen molar-refractivity contribution in [3.8, 4) is 5.75 Å². The van der Waals surface area contributed by atoms with E-state index in [0.717, 1.165) is 26.3 Å². The molecule has 1 aliphatic rings. The van der Waals surface area contributed by atoms with Crippen LogP contribution in [0.1, 0.15) is 0 Å². The Labute approximate surface area is 106 Å². The van der Waals surface area contributed by atoms with Gasteiger partial charge in [0.05, 0.1) is 13.2 Å². The van der Waals surface area contributed by atoms with E-state index < -0.39 is 11.9 Å². The molecule has 2 N–H and O–H groups in total. The summed E-state index contributed by atoms with van der Waals surface area (Å²) >= 11 is 0. The lowest BCUT2D eigenvalue weighted by Crippen LogP contribution is -3.15. The third-order valence-electron chi connectivity index (χ3n) is 2.99. The van der Waals surface area contributed by atoms with Crippen LogP contribution in [0.15, 0.2) is 24.3 Å². The van der Waals surface area contributed by atoms with Gasteiger partial charge in [0.2, 0.25) is 0 Å². The van der Waals surface area contributed by atoms with Gasteiger partial charge in [0.15, 0.2) is 11.6 Å². The number of halogens is 1. The molecule has 1 aromatic rings. The second-order valence-corrected chi connectivity index (χ2v) is 4.46. The maximum absolute atomic E-state index is 13.3. The highest BCUT2D eigenvalue weighted by molar-refractivity contribution is 5.23. The molecule has 1 heterocycles. The Morgan fingerprint density at radius 1 is 1.33 bits per heavy atom. The lowest BCUT2D eigenvalue weighted by molar-refractivity contribution is -0.911. The molecule has 0 bridgehead atoms. The second kappa shape index (κ2) is 6.68. The van der Waals surface area contributed by atoms with Gasteiger partial charge in [-0.15, -0.1) is 0 Å². The number of benzene rings is 1. The molecule has 1 saturated heterocycles. The topological polar surface area (TPSA) is 43.1 Å². The van der Waals surface area contributed by atoms with E-state index in [4.69, 9.17) is 9.47 Å². The summed E-state index contributed by atoms with van der Waals surface area (Å²) in [5.74, 6) is -0.211. The van der Waals surface area contributed by atoms with Crippen LogP contribution >= 0.6 is 0 Å². The largest absolute Gasteiger partial charge is 0.488 e. The molecule has 0 saturated carbocycles. The summed E-state index contributed by atoms with van der Waals surface area (Å²) in [6.07, 6.45) is -0.585. The normalized spacial score (nSPS) is 18.6. The van der Waals surface area contributed by atoms with Crippen molar-refractivity contribution in [1.29, 1.82) is 0 Å². The quantitative estimate of drug-likeness (QED) is 0.745. The Morgan fingerprint density at radius 3 is 2.78 bits per heavy atom. The molecule has 0 aromatic heterocycles. The van der Waals surface area contributed by atoms with Crippen molar-refractivity contribution in [3.05, 3.63) is 30.1 Å². The number of rotatable bonds is 5. The van der Waals surface area contributed by atoms with Gasteiger partial charge in [-0.05, 0) is 12.1 Å². The molecule has 0 unspecified atom stereocenters. The van der Waals surface area contributed by atoms with Gasteiger partial charge in [0, 0.05) is 0 Å². The predicted molar refractivity (Wildman–Crippen MR) is 64.3 cm³/mol. The maximum atomic E-state index is 13.3. The van der Waals surface area contributed by atoms with Gasteiger partial charge in [-0.25, -0.2) is 4.39 Å². The van der Waals surface area contributed by atoms with Crippen molar-refractivity contribution in [2.24, 2.45) is 0 Å². The Kier molecular flexibility index (Phi) is 4.92. The van der Waals surface area contributed by atoms with Crippen LogP contribution in [-0.4, -0.2) is 50.7 Å². The second-order valence-electron chi connectivity index (χ2n) is 4.46. The third kappa shape index (κ3) is 3.94. The van der Waals surface area contributed by atoms with E-state index >= 15 is 0 Å². The van der Waals surface area contributed by atoms with Gasteiger partial charge in [-0.1, -0.05) is 12.1 Å². The predicted octanol–water partition coefficient (Wildman–Crippen LogP) is -0.519. The van der Waals surface area contributed by atoms with E-state index in [2.05, 4.69) is 0 Å². The van der Waals surface area contributed by atoms with Gasteiger partial charge in [0.25, 0.3) is 0 Å². The van der Waals surface area contributed by atoms with Crippen LogP contribution in [0.2, 0.25) is 0 Å². The van der Waals surface area contributed by atoms with E-state index in [-0.39, 0.29) is 12.4 Å². The molecule has 0 aliphatic carbocycles. The highest BCUT2D eigenvalue weighted by Crippen LogP contribution is 2.15. The van der Waals surface area contributed by atoms with Crippen LogP contribution in [0.3, 0.4) is 0 Å². The molecule has 1 aliphatic heterocycles. The minimum absolute atomic E-state index is 0.116. The summed E-state index contributed by atoms with van der Waals surface area (Å²) in [4.78, 5) is 1.30. The zero-order valence-electron chi connectivity index (χ0n) is 10.3. The van der Waals surface area contributed by atoms with Crippen molar-refractivity contribution >= 4 is 0 Å². The van der Waals surface area contributed by atoms with Crippen molar-refractivity contribution in [2.45, 2.75) is 6.10 Å². The summed E-state index contributed by atoms with van der Waals surface area (Å²) in [7, 11) is 0. The number of hydrogen-bond acceptors (Lipinski definition) is 3. The molecule has 5 heteroatoms. The van der Waals surface area contributed by atoms with Crippen LogP contribution in [0, 0.1) is 5.82 Å². The monoisotopic (exact) mass is 256 g/mol. The number of aliphatic hydroxyl groups excluding tert-OH is 1. The lowest BCUT2D eigenvalue weighted by atomic mass is 10.3. The summed E-state index contributed by atoms with van der Waals surface area (Å²) in [5, 5.41) is 9.84. The van der Waals surface area contributed by atoms with Crippen LogP contribution in [0.25, 0.3) is 0 Å². The van der Waals surface area contributed by atoms with E-state index in [1.54, 1.807) is 18.2 Å². The van der Waals surface area contributed by atoms with Gasteiger partial charge >= 0.3 is 0 Å². The highest BCUT2D eigenvalue weighted by atomic mass is 19.1. The molecule has 18 heavy (non-hydrogen) atoms. The Hall–Kier alpha value is -1.17. The molecule has 0 spiro atoms. The first kappa shape index (κ1) is 13.3. The molecule has 2 rings (SSSR count). The van der Waals surface area contributed by atoms with Gasteiger partial charge < -0.3 is 19.5 Å². The minimum Gasteiger partial charge on any atom is -0.488 e. The van der Waals surface area contributed by atoms with Crippen LogP contribution in [0.5, 0.6) is 5.75 Å². The van der Waals surface area contributed by atoms with E-state index in [1.165, 1.54) is 11.0 Å². The van der Waals surface area contributed by atoms with Crippen LogP contribution in [0.4, 0.5) is 4.39 Å². The van der Waals surface area contributed by atoms with Gasteiger partial charge in [-0.2, -0.15) is 0 Å². The summed E-state index contributed by atoms with van der Waals surface area (Å²) in [6.45, 7) is 3.99. The van der Waals surface area contributed by atoms with Crippen molar-refractivity contribution < 1.29 is 23.9 Å². The number of ether oxygens (including phenoxy) is 2. The van der Waals surface area contributed by atoms with Gasteiger partial charge in [-0.3, -0.25) is 0 Å². The molecule has 0 radical (unpaired) electrons. The Morgan fingerprint density at radius 2 is 2.06 bits per heavy atom. The average molecular weight is 256 g/mol. The fraction of sp³-hybridized carbons (Fsp3) is 0.538. The molecule has 1 fully saturated rings. The van der Waals surface area contributed by atoms with Crippen molar-refractivity contribution in [3.63, 3.8) is 0 Å². The van der Waals surface area contributed by atoms with Crippen molar-refractivity contribution in [1.82, 2.24) is 0 Å². The Balaban J connectivity index is 1.74. The van der Waals surface area contributed by atoms with Gasteiger partial charge in [0.1, 0.15) is 32.3 Å². The molecule has 1 atom stereocenters. The van der Waals surface area contributed by atoms with Crippen molar-refractivity contribution in [2.75, 3.05) is 39.5 Å². The van der Waals surface area contributed by atoms with Crippen LogP contribution in [-0.2, 0) is 4.74 Å². The smallest absolute Gasteiger partial charge is 0.165 e.